The van der Waals surface area contributed by atoms with Gasteiger partial charge in [-0.2, -0.15) is 0 Å². The number of aromatic nitrogens is 1. The van der Waals surface area contributed by atoms with Gasteiger partial charge in [0.25, 0.3) is 5.91 Å². The van der Waals surface area contributed by atoms with Crippen LogP contribution in [0.25, 0.3) is 0 Å². The first-order valence-electron chi connectivity index (χ1n) is 11.8. The molecule has 190 valence electrons. The van der Waals surface area contributed by atoms with E-state index < -0.39 is 0 Å². The molecule has 9 nitrogen and oxygen atoms in total. The molecule has 3 atom stereocenters. The van der Waals surface area contributed by atoms with Crippen molar-refractivity contribution in [2.45, 2.75) is 32.5 Å². The third-order valence-electron chi connectivity index (χ3n) is 6.24. The van der Waals surface area contributed by atoms with Crippen molar-refractivity contribution in [1.29, 1.82) is 0 Å². The van der Waals surface area contributed by atoms with Gasteiger partial charge in [0.2, 0.25) is 5.91 Å². The fourth-order valence-electron chi connectivity index (χ4n) is 4.20. The van der Waals surface area contributed by atoms with Gasteiger partial charge in [0.15, 0.2) is 0 Å². The third-order valence-corrected chi connectivity index (χ3v) is 6.24. The van der Waals surface area contributed by atoms with Crippen molar-refractivity contribution in [3.63, 3.8) is 0 Å². The van der Waals surface area contributed by atoms with Crippen LogP contribution in [0.1, 0.15) is 29.8 Å². The number of nitrogens with zero attached hydrogens (tertiary/aromatic N) is 3. The monoisotopic (exact) mass is 484 g/mol. The number of hydrogen-bond donors (Lipinski definition) is 1. The summed E-state index contributed by atoms with van der Waals surface area (Å²) in [5.74, 6) is 0.142. The van der Waals surface area contributed by atoms with Gasteiger partial charge in [0.1, 0.15) is 19.0 Å². The molecule has 35 heavy (non-hydrogen) atoms. The molecule has 3 rings (SSSR count). The number of fused-ring (bicyclic) bond motifs is 1. The van der Waals surface area contributed by atoms with E-state index in [1.54, 1.807) is 43.5 Å². The molecule has 1 N–H and O–H groups in total. The van der Waals surface area contributed by atoms with Gasteiger partial charge in [-0.3, -0.25) is 19.5 Å². The summed E-state index contributed by atoms with van der Waals surface area (Å²) >= 11 is 0. The zero-order chi connectivity index (χ0) is 25.4. The van der Waals surface area contributed by atoms with Gasteiger partial charge in [0.05, 0.1) is 11.7 Å². The lowest BCUT2D eigenvalue weighted by Gasteiger charge is -2.36. The van der Waals surface area contributed by atoms with Gasteiger partial charge >= 0.3 is 0 Å². The van der Waals surface area contributed by atoms with E-state index in [0.29, 0.717) is 30.2 Å². The lowest BCUT2D eigenvalue weighted by Crippen LogP contribution is -2.46. The van der Waals surface area contributed by atoms with Crippen molar-refractivity contribution in [2.24, 2.45) is 5.92 Å². The number of likely N-dealkylation sites (N-methyl/N-ethyl adjacent to an activating group) is 1. The van der Waals surface area contributed by atoms with E-state index in [1.165, 1.54) is 7.11 Å². The number of pyridine rings is 1. The molecule has 0 fully saturated rings. The summed E-state index contributed by atoms with van der Waals surface area (Å²) < 4.78 is 16.9. The summed E-state index contributed by atoms with van der Waals surface area (Å²) in [5.41, 5.74) is 2.01. The molecule has 0 aliphatic carbocycles. The molecule has 0 saturated heterocycles. The van der Waals surface area contributed by atoms with Crippen LogP contribution < -0.4 is 10.1 Å². The van der Waals surface area contributed by atoms with Crippen molar-refractivity contribution < 1.29 is 23.8 Å². The standard InChI is InChI=1S/C26H36N4O5/c1-18-13-30(14-20-7-6-10-27-12-20)19(2)16-35-23-9-8-21(28-25(31)17-33-4)11-22(23)26(32)29(3)15-24(18)34-5/h6-12,18-19,24H,13-17H2,1-5H3,(H,28,31)/t18-,19+,24-/m0/s1. The number of anilines is 1. The van der Waals surface area contributed by atoms with Crippen molar-refractivity contribution in [3.05, 3.63) is 53.9 Å². The van der Waals surface area contributed by atoms with E-state index in [1.807, 2.05) is 12.3 Å². The molecule has 2 aromatic rings. The summed E-state index contributed by atoms with van der Waals surface area (Å²) in [6.45, 7) is 6.50. The second-order valence-corrected chi connectivity index (χ2v) is 9.08. The largest absolute Gasteiger partial charge is 0.491 e. The minimum atomic E-state index is -0.296. The molecule has 1 aromatic heterocycles. The lowest BCUT2D eigenvalue weighted by molar-refractivity contribution is -0.119. The van der Waals surface area contributed by atoms with E-state index in [-0.39, 0.29) is 36.5 Å². The maximum Gasteiger partial charge on any atom is 0.257 e. The number of nitrogens with one attached hydrogen (secondary N) is 1. The Hall–Kier alpha value is -3.01. The number of carbonyl (C=O) groups is 2. The molecule has 0 spiro atoms. The Kier molecular flexibility index (Phi) is 9.59. The molecular weight excluding hydrogens is 448 g/mol. The van der Waals surface area contributed by atoms with Crippen LogP contribution >= 0.6 is 0 Å². The van der Waals surface area contributed by atoms with Gasteiger partial charge in [0, 0.05) is 65.0 Å². The van der Waals surface area contributed by atoms with E-state index in [9.17, 15) is 9.59 Å². The highest BCUT2D eigenvalue weighted by atomic mass is 16.5. The number of carbonyl (C=O) groups excluding carboxylic acids is 2. The summed E-state index contributed by atoms with van der Waals surface area (Å²) in [6, 6.07) is 9.17. The predicted molar refractivity (Wildman–Crippen MR) is 133 cm³/mol. The maximum atomic E-state index is 13.4. The molecule has 2 heterocycles. The van der Waals surface area contributed by atoms with Gasteiger partial charge in [-0.05, 0) is 42.7 Å². The molecule has 2 amide bonds. The number of benzene rings is 1. The number of hydrogen-bond acceptors (Lipinski definition) is 7. The molecule has 9 heteroatoms. The van der Waals surface area contributed by atoms with Crippen LogP contribution in [-0.4, -0.2) is 86.3 Å². The van der Waals surface area contributed by atoms with Crippen LogP contribution in [0.2, 0.25) is 0 Å². The highest BCUT2D eigenvalue weighted by molar-refractivity contribution is 5.99. The average molecular weight is 485 g/mol. The number of ether oxygens (including phenoxy) is 3. The van der Waals surface area contributed by atoms with Crippen LogP contribution in [-0.2, 0) is 20.8 Å². The average Bonchev–Trinajstić information content (AvgIpc) is 2.85. The van der Waals surface area contributed by atoms with Crippen LogP contribution in [0.4, 0.5) is 5.69 Å². The highest BCUT2D eigenvalue weighted by Gasteiger charge is 2.28. The Morgan fingerprint density at radius 3 is 2.71 bits per heavy atom. The first kappa shape index (κ1) is 26.6. The second kappa shape index (κ2) is 12.6. The van der Waals surface area contributed by atoms with Crippen molar-refractivity contribution >= 4 is 17.5 Å². The number of rotatable bonds is 6. The first-order valence-corrected chi connectivity index (χ1v) is 11.8. The highest BCUT2D eigenvalue weighted by Crippen LogP contribution is 2.26. The molecule has 0 radical (unpaired) electrons. The summed E-state index contributed by atoms with van der Waals surface area (Å²) in [5, 5.41) is 2.76. The molecule has 0 unspecified atom stereocenters. The summed E-state index contributed by atoms with van der Waals surface area (Å²) in [7, 11) is 4.89. The molecule has 0 bridgehead atoms. The van der Waals surface area contributed by atoms with Crippen molar-refractivity contribution in [2.75, 3.05) is 52.9 Å². The smallest absolute Gasteiger partial charge is 0.257 e. The summed E-state index contributed by atoms with van der Waals surface area (Å²) in [6.07, 6.45) is 3.50. The Balaban J connectivity index is 1.92. The fraction of sp³-hybridized carbons (Fsp3) is 0.500. The molecule has 1 aliphatic rings. The zero-order valence-corrected chi connectivity index (χ0v) is 21.2. The van der Waals surface area contributed by atoms with Gasteiger partial charge in [-0.25, -0.2) is 0 Å². The van der Waals surface area contributed by atoms with E-state index in [0.717, 1.165) is 18.7 Å². The van der Waals surface area contributed by atoms with Gasteiger partial charge in [-0.1, -0.05) is 13.0 Å². The van der Waals surface area contributed by atoms with E-state index >= 15 is 0 Å². The molecular formula is C26H36N4O5. The normalized spacial score (nSPS) is 21.9. The van der Waals surface area contributed by atoms with Gasteiger partial charge in [-0.15, -0.1) is 0 Å². The van der Waals surface area contributed by atoms with E-state index in [4.69, 9.17) is 14.2 Å². The number of amides is 2. The van der Waals surface area contributed by atoms with Crippen LogP contribution in [0, 0.1) is 5.92 Å². The molecule has 0 saturated carbocycles. The van der Waals surface area contributed by atoms with Gasteiger partial charge < -0.3 is 24.4 Å². The van der Waals surface area contributed by atoms with Crippen LogP contribution in [0.3, 0.4) is 0 Å². The Labute approximate surface area is 207 Å². The van der Waals surface area contributed by atoms with Crippen molar-refractivity contribution in [1.82, 2.24) is 14.8 Å². The van der Waals surface area contributed by atoms with Crippen LogP contribution in [0.5, 0.6) is 5.75 Å². The minimum Gasteiger partial charge on any atom is -0.491 e. The van der Waals surface area contributed by atoms with Crippen molar-refractivity contribution in [3.8, 4) is 5.75 Å². The predicted octanol–water partition coefficient (Wildman–Crippen LogP) is 2.67. The second-order valence-electron chi connectivity index (χ2n) is 9.08. The topological polar surface area (TPSA) is 93.2 Å². The quantitative estimate of drug-likeness (QED) is 0.674. The Morgan fingerprint density at radius 2 is 2.03 bits per heavy atom. The van der Waals surface area contributed by atoms with E-state index in [2.05, 4.69) is 35.1 Å². The van der Waals surface area contributed by atoms with Crippen LogP contribution in [0.15, 0.2) is 42.7 Å². The maximum absolute atomic E-state index is 13.4. The minimum absolute atomic E-state index is 0.0661. The lowest BCUT2D eigenvalue weighted by atomic mass is 10.0. The molecule has 1 aromatic carbocycles. The fourth-order valence-corrected chi connectivity index (χ4v) is 4.20. The number of methoxy groups -OCH3 is 2. The SMILES string of the molecule is COCC(=O)Nc1ccc2c(c1)C(=O)N(C)C[C@H](OC)[C@@H](C)CN(Cc1cccnc1)[C@H](C)CO2. The molecule has 1 aliphatic heterocycles. The Bertz CT molecular complexity index is 987. The first-order chi connectivity index (χ1) is 16.8. The zero-order valence-electron chi connectivity index (χ0n) is 21.2. The third kappa shape index (κ3) is 7.24. The Morgan fingerprint density at radius 1 is 1.23 bits per heavy atom. The summed E-state index contributed by atoms with van der Waals surface area (Å²) in [4.78, 5) is 33.7.